The van der Waals surface area contributed by atoms with Crippen LogP contribution in [-0.2, 0) is 4.79 Å². The van der Waals surface area contributed by atoms with E-state index in [-0.39, 0.29) is 45.4 Å². The number of nitrogens with zero attached hydrogens (tertiary/aromatic N) is 1. The van der Waals surface area contributed by atoms with Gasteiger partial charge in [0.05, 0.1) is 9.95 Å². The monoisotopic (exact) mass is 373 g/mol. The first kappa shape index (κ1) is 18.0. The number of carbonyl (C=O) groups is 1. The Hall–Kier alpha value is -2.38. The van der Waals surface area contributed by atoms with Gasteiger partial charge in [-0.3, -0.25) is 14.9 Å². The highest BCUT2D eigenvalue weighted by Gasteiger charge is 2.19. The van der Waals surface area contributed by atoms with Crippen LogP contribution in [0.3, 0.4) is 0 Å². The van der Waals surface area contributed by atoms with Gasteiger partial charge in [-0.25, -0.2) is 4.39 Å². The number of rotatable bonds is 6. The molecule has 126 valence electrons. The standard InChI is InChI=1S/C15H10Cl2FNO5/c1-8(20)7-23-14-6-10(2-3-13(14)19(21)22)24-15-11(17)4-9(16)5-12(15)18/h2-6H,7H2,1H3. The van der Waals surface area contributed by atoms with Crippen molar-refractivity contribution >= 4 is 34.7 Å². The van der Waals surface area contributed by atoms with Gasteiger partial charge in [0.1, 0.15) is 12.4 Å². The van der Waals surface area contributed by atoms with Crippen LogP contribution in [0.5, 0.6) is 17.2 Å². The van der Waals surface area contributed by atoms with Crippen molar-refractivity contribution in [3.05, 3.63) is 56.3 Å². The second kappa shape index (κ2) is 7.46. The van der Waals surface area contributed by atoms with Crippen molar-refractivity contribution in [1.29, 1.82) is 0 Å². The summed E-state index contributed by atoms with van der Waals surface area (Å²) in [7, 11) is 0. The van der Waals surface area contributed by atoms with Crippen LogP contribution in [0.15, 0.2) is 30.3 Å². The Kier molecular flexibility index (Phi) is 5.58. The lowest BCUT2D eigenvalue weighted by atomic mass is 10.2. The lowest BCUT2D eigenvalue weighted by Gasteiger charge is -2.11. The zero-order valence-electron chi connectivity index (χ0n) is 12.2. The minimum atomic E-state index is -0.794. The van der Waals surface area contributed by atoms with Crippen molar-refractivity contribution in [2.75, 3.05) is 6.61 Å². The highest BCUT2D eigenvalue weighted by Crippen LogP contribution is 2.37. The van der Waals surface area contributed by atoms with Gasteiger partial charge in [0.15, 0.2) is 17.3 Å². The fourth-order valence-electron chi connectivity index (χ4n) is 1.75. The number of ether oxygens (including phenoxy) is 2. The second-order valence-electron chi connectivity index (χ2n) is 4.68. The molecule has 0 aliphatic heterocycles. The van der Waals surface area contributed by atoms with Crippen LogP contribution in [0.2, 0.25) is 10.0 Å². The number of ketones is 1. The molecule has 0 saturated carbocycles. The van der Waals surface area contributed by atoms with Crippen LogP contribution < -0.4 is 9.47 Å². The number of Topliss-reactive ketones (excluding diaryl/α,β-unsaturated/α-hetero) is 1. The number of hydrogen-bond acceptors (Lipinski definition) is 5. The van der Waals surface area contributed by atoms with Crippen molar-refractivity contribution in [3.63, 3.8) is 0 Å². The normalized spacial score (nSPS) is 10.3. The molecule has 0 unspecified atom stereocenters. The van der Waals surface area contributed by atoms with Gasteiger partial charge < -0.3 is 9.47 Å². The van der Waals surface area contributed by atoms with Gasteiger partial charge in [0, 0.05) is 17.2 Å². The third-order valence-electron chi connectivity index (χ3n) is 2.74. The van der Waals surface area contributed by atoms with E-state index in [4.69, 9.17) is 32.7 Å². The van der Waals surface area contributed by atoms with Gasteiger partial charge in [-0.1, -0.05) is 23.2 Å². The number of nitro groups is 1. The first-order chi connectivity index (χ1) is 11.3. The summed E-state index contributed by atoms with van der Waals surface area (Å²) in [4.78, 5) is 21.3. The van der Waals surface area contributed by atoms with E-state index in [0.29, 0.717) is 0 Å². The van der Waals surface area contributed by atoms with Gasteiger partial charge in [0.2, 0.25) is 5.75 Å². The van der Waals surface area contributed by atoms with E-state index < -0.39 is 10.7 Å². The molecule has 9 heteroatoms. The fourth-order valence-corrected chi connectivity index (χ4v) is 2.26. The summed E-state index contributed by atoms with van der Waals surface area (Å²) in [6.07, 6.45) is 0. The van der Waals surface area contributed by atoms with E-state index in [0.717, 1.165) is 12.1 Å². The maximum absolute atomic E-state index is 13.9. The van der Waals surface area contributed by atoms with Crippen LogP contribution in [0.4, 0.5) is 10.1 Å². The molecule has 0 spiro atoms. The summed E-state index contributed by atoms with van der Waals surface area (Å²) >= 11 is 11.5. The Morgan fingerprint density at radius 3 is 2.58 bits per heavy atom. The average molecular weight is 374 g/mol. The minimum Gasteiger partial charge on any atom is -0.479 e. The van der Waals surface area contributed by atoms with Gasteiger partial charge >= 0.3 is 5.69 Å². The molecule has 24 heavy (non-hydrogen) atoms. The van der Waals surface area contributed by atoms with Crippen LogP contribution in [0, 0.1) is 15.9 Å². The van der Waals surface area contributed by atoms with E-state index >= 15 is 0 Å². The molecule has 0 bridgehead atoms. The molecule has 0 aromatic heterocycles. The van der Waals surface area contributed by atoms with E-state index in [1.165, 1.54) is 25.1 Å². The van der Waals surface area contributed by atoms with Crippen LogP contribution in [0.1, 0.15) is 6.92 Å². The number of carbonyl (C=O) groups excluding carboxylic acids is 1. The maximum Gasteiger partial charge on any atom is 0.311 e. The van der Waals surface area contributed by atoms with Crippen molar-refractivity contribution < 1.29 is 23.6 Å². The first-order valence-electron chi connectivity index (χ1n) is 6.51. The molecule has 0 aliphatic rings. The summed E-state index contributed by atoms with van der Waals surface area (Å²) in [6.45, 7) is 0.926. The first-order valence-corrected chi connectivity index (χ1v) is 7.26. The van der Waals surface area contributed by atoms with E-state index in [9.17, 15) is 19.3 Å². The smallest absolute Gasteiger partial charge is 0.311 e. The molecule has 0 aliphatic carbocycles. The number of hydrogen-bond donors (Lipinski definition) is 0. The molecule has 0 heterocycles. The molecule has 2 rings (SSSR count). The molecular weight excluding hydrogens is 364 g/mol. The zero-order chi connectivity index (χ0) is 17.9. The Bertz CT molecular complexity index is 789. The highest BCUT2D eigenvalue weighted by molar-refractivity contribution is 6.35. The van der Waals surface area contributed by atoms with Gasteiger partial charge in [-0.05, 0) is 25.1 Å². The Labute approximate surface area is 145 Å². The van der Waals surface area contributed by atoms with Gasteiger partial charge in [0.25, 0.3) is 0 Å². The van der Waals surface area contributed by atoms with Gasteiger partial charge in [-0.15, -0.1) is 0 Å². The molecule has 0 amide bonds. The molecule has 0 radical (unpaired) electrons. The lowest BCUT2D eigenvalue weighted by Crippen LogP contribution is -2.08. The Balaban J connectivity index is 2.36. The molecular formula is C15H10Cl2FNO5. The number of halogens is 3. The van der Waals surface area contributed by atoms with Crippen LogP contribution in [-0.4, -0.2) is 17.3 Å². The largest absolute Gasteiger partial charge is 0.479 e. The van der Waals surface area contributed by atoms with Crippen molar-refractivity contribution in [2.24, 2.45) is 0 Å². The molecule has 0 N–H and O–H groups in total. The zero-order valence-corrected chi connectivity index (χ0v) is 13.7. The SMILES string of the molecule is CC(=O)COc1cc(Oc2c(F)cc(Cl)cc2Cl)ccc1[N+](=O)[O-]. The highest BCUT2D eigenvalue weighted by atomic mass is 35.5. The number of nitro benzene ring substituents is 1. The third-order valence-corrected chi connectivity index (χ3v) is 3.24. The Morgan fingerprint density at radius 2 is 2.00 bits per heavy atom. The number of benzene rings is 2. The molecule has 2 aromatic rings. The van der Waals surface area contributed by atoms with Crippen molar-refractivity contribution in [3.8, 4) is 17.2 Å². The third kappa shape index (κ3) is 4.33. The molecule has 2 aromatic carbocycles. The maximum atomic E-state index is 13.9. The second-order valence-corrected chi connectivity index (χ2v) is 5.52. The molecule has 0 fully saturated rings. The van der Waals surface area contributed by atoms with Crippen LogP contribution >= 0.6 is 23.2 Å². The molecule has 0 atom stereocenters. The fraction of sp³-hybridized carbons (Fsp3) is 0.133. The lowest BCUT2D eigenvalue weighted by molar-refractivity contribution is -0.385. The molecule has 6 nitrogen and oxygen atoms in total. The van der Waals surface area contributed by atoms with Gasteiger partial charge in [-0.2, -0.15) is 0 Å². The van der Waals surface area contributed by atoms with E-state index in [1.807, 2.05) is 0 Å². The summed E-state index contributed by atoms with van der Waals surface area (Å²) in [5.74, 6) is -1.53. The minimum absolute atomic E-state index is 0.0438. The predicted octanol–water partition coefficient (Wildman–Crippen LogP) is 4.80. The van der Waals surface area contributed by atoms with E-state index in [1.54, 1.807) is 0 Å². The van der Waals surface area contributed by atoms with Crippen molar-refractivity contribution in [1.82, 2.24) is 0 Å². The average Bonchev–Trinajstić information content (AvgIpc) is 2.48. The molecule has 0 saturated heterocycles. The Morgan fingerprint density at radius 1 is 1.29 bits per heavy atom. The quantitative estimate of drug-likeness (QED) is 0.536. The predicted molar refractivity (Wildman–Crippen MR) is 85.8 cm³/mol. The summed E-state index contributed by atoms with van der Waals surface area (Å²) < 4.78 is 24.3. The summed E-state index contributed by atoms with van der Waals surface area (Å²) in [6, 6.07) is 5.85. The summed E-state index contributed by atoms with van der Waals surface area (Å²) in [5.41, 5.74) is -0.355. The van der Waals surface area contributed by atoms with Crippen molar-refractivity contribution in [2.45, 2.75) is 6.92 Å². The van der Waals surface area contributed by atoms with E-state index in [2.05, 4.69) is 0 Å². The van der Waals surface area contributed by atoms with Crippen LogP contribution in [0.25, 0.3) is 0 Å². The summed E-state index contributed by atoms with van der Waals surface area (Å²) in [5, 5.41) is 11.0. The topological polar surface area (TPSA) is 78.7 Å².